The highest BCUT2D eigenvalue weighted by Gasteiger charge is 2.09. The maximum atomic E-state index is 8.00. The van der Waals surface area contributed by atoms with Crippen LogP contribution in [-0.2, 0) is 11.3 Å². The molecule has 0 fully saturated rings. The van der Waals surface area contributed by atoms with Crippen LogP contribution in [0.5, 0.6) is 0 Å². The first-order valence-electron chi connectivity index (χ1n) is 5.01. The van der Waals surface area contributed by atoms with E-state index in [2.05, 4.69) is 20.4 Å². The van der Waals surface area contributed by atoms with Crippen molar-refractivity contribution in [3.63, 3.8) is 0 Å². The molecule has 0 aliphatic heterocycles. The van der Waals surface area contributed by atoms with Crippen molar-refractivity contribution in [1.29, 1.82) is 0 Å². The number of nitrogens with two attached hydrogens (primary N) is 1. The highest BCUT2D eigenvalue weighted by Crippen LogP contribution is 2.19. The van der Waals surface area contributed by atoms with Gasteiger partial charge in [0.05, 0.1) is 12.1 Å². The molecule has 0 saturated carbocycles. The summed E-state index contributed by atoms with van der Waals surface area (Å²) in [5.41, 5.74) is 7.37. The molecule has 0 aliphatic carbocycles. The van der Waals surface area contributed by atoms with Gasteiger partial charge < -0.3 is 10.5 Å². The third-order valence-electron chi connectivity index (χ3n) is 2.04. The number of rotatable bonds is 2. The minimum Gasteiger partial charge on any atom is -0.383 e. The zero-order valence-corrected chi connectivity index (χ0v) is 9.79. The number of carbonyl (C=O) groups is 1. The lowest BCUT2D eigenvalue weighted by Crippen LogP contribution is -1.99. The van der Waals surface area contributed by atoms with Crippen molar-refractivity contribution in [1.82, 2.24) is 25.2 Å². The Bertz CT molecular complexity index is 495. The molecule has 0 radical (unpaired) electrons. The smallest absolute Gasteiger partial charge is 0.208 e. The van der Waals surface area contributed by atoms with Gasteiger partial charge in [0, 0.05) is 5.69 Å². The van der Waals surface area contributed by atoms with E-state index in [0.29, 0.717) is 18.2 Å². The molecule has 17 heavy (non-hydrogen) atoms. The number of pyridine rings is 1. The molecule has 2 heterocycles. The Hall–Kier alpha value is -2.31. The van der Waals surface area contributed by atoms with E-state index in [1.807, 2.05) is 32.8 Å². The topological polar surface area (TPSA) is 99.6 Å². The fraction of sp³-hybridized carbons (Fsp3) is 0.300. The van der Waals surface area contributed by atoms with Gasteiger partial charge in [0.2, 0.25) is 5.82 Å². The Morgan fingerprint density at radius 1 is 1.41 bits per heavy atom. The number of carbonyl (C=O) groups excluding carboxylic acids is 1. The van der Waals surface area contributed by atoms with E-state index in [1.54, 1.807) is 0 Å². The van der Waals surface area contributed by atoms with Crippen molar-refractivity contribution in [2.75, 3.05) is 5.73 Å². The van der Waals surface area contributed by atoms with Gasteiger partial charge in [-0.3, -0.25) is 0 Å². The number of nitrogens with zero attached hydrogens (tertiary/aromatic N) is 5. The number of tetrazole rings is 1. The molecule has 0 aromatic carbocycles. The number of nitrogen functional groups attached to an aromatic ring is 1. The lowest BCUT2D eigenvalue weighted by atomic mass is 10.2. The van der Waals surface area contributed by atoms with Crippen LogP contribution in [0.2, 0.25) is 0 Å². The summed E-state index contributed by atoms with van der Waals surface area (Å²) in [4.78, 5) is 13.7. The summed E-state index contributed by atoms with van der Waals surface area (Å²) in [5, 5.41) is 11.9. The molecule has 7 nitrogen and oxygen atoms in total. The second-order valence-corrected chi connectivity index (χ2v) is 3.19. The van der Waals surface area contributed by atoms with E-state index in [-0.39, 0.29) is 0 Å². The fourth-order valence-electron chi connectivity index (χ4n) is 1.25. The molecule has 0 unspecified atom stereocenters. The molecule has 0 atom stereocenters. The van der Waals surface area contributed by atoms with Crippen LogP contribution in [0.15, 0.2) is 12.1 Å². The fourth-order valence-corrected chi connectivity index (χ4v) is 1.25. The van der Waals surface area contributed by atoms with Gasteiger partial charge in [0.15, 0.2) is 0 Å². The molecule has 7 heteroatoms. The second kappa shape index (κ2) is 5.69. The number of aromatic nitrogens is 5. The number of aryl methyl sites for hydroxylation is 2. The Morgan fingerprint density at radius 3 is 2.65 bits per heavy atom. The van der Waals surface area contributed by atoms with E-state index in [1.165, 1.54) is 4.80 Å². The lowest BCUT2D eigenvalue weighted by molar-refractivity contribution is -0.0979. The van der Waals surface area contributed by atoms with Crippen molar-refractivity contribution in [3.8, 4) is 11.4 Å². The average molecular weight is 234 g/mol. The van der Waals surface area contributed by atoms with Crippen LogP contribution in [0.1, 0.15) is 12.6 Å². The summed E-state index contributed by atoms with van der Waals surface area (Å²) in [7, 11) is 0. The minimum atomic E-state index is 0.436. The quantitative estimate of drug-likeness (QED) is 0.810. The first kappa shape index (κ1) is 12.8. The van der Waals surface area contributed by atoms with Crippen LogP contribution in [0.4, 0.5) is 5.82 Å². The zero-order valence-electron chi connectivity index (χ0n) is 9.79. The van der Waals surface area contributed by atoms with Gasteiger partial charge in [-0.2, -0.15) is 4.80 Å². The standard InChI is InChI=1S/C9H12N6.CH2O/c1-3-15-13-9(12-14-15)7-5-4-6(2)11-8(7)10;1-2/h4-5H,3H2,1-2H3,(H2,10,11);1H2. The van der Waals surface area contributed by atoms with Gasteiger partial charge in [-0.1, -0.05) is 0 Å². The van der Waals surface area contributed by atoms with E-state index in [0.717, 1.165) is 11.3 Å². The maximum Gasteiger partial charge on any atom is 0.208 e. The Morgan fingerprint density at radius 2 is 2.12 bits per heavy atom. The minimum absolute atomic E-state index is 0.436. The molecule has 0 aliphatic rings. The summed E-state index contributed by atoms with van der Waals surface area (Å²) in [6.45, 7) is 6.52. The lowest BCUT2D eigenvalue weighted by Gasteiger charge is -2.00. The molecular formula is C10H14N6O. The van der Waals surface area contributed by atoms with Gasteiger partial charge >= 0.3 is 0 Å². The molecule has 0 spiro atoms. The predicted molar refractivity (Wildman–Crippen MR) is 63.0 cm³/mol. The third-order valence-corrected chi connectivity index (χ3v) is 2.04. The van der Waals surface area contributed by atoms with Crippen LogP contribution >= 0.6 is 0 Å². The Balaban J connectivity index is 0.000000686. The Labute approximate surface area is 98.7 Å². The summed E-state index contributed by atoms with van der Waals surface area (Å²) >= 11 is 0. The van der Waals surface area contributed by atoms with Gasteiger partial charge in [-0.05, 0) is 31.2 Å². The molecule has 2 aromatic heterocycles. The van der Waals surface area contributed by atoms with E-state index < -0.39 is 0 Å². The van der Waals surface area contributed by atoms with Crippen LogP contribution in [0.3, 0.4) is 0 Å². The van der Waals surface area contributed by atoms with Crippen molar-refractivity contribution in [2.24, 2.45) is 0 Å². The van der Waals surface area contributed by atoms with Crippen molar-refractivity contribution < 1.29 is 4.79 Å². The molecule has 2 aromatic rings. The zero-order chi connectivity index (χ0) is 12.8. The highest BCUT2D eigenvalue weighted by atomic mass is 16.1. The SMILES string of the molecule is C=O.CCn1nnc(-c2ccc(C)nc2N)n1. The van der Waals surface area contributed by atoms with Crippen molar-refractivity contribution >= 4 is 12.6 Å². The van der Waals surface area contributed by atoms with E-state index in [4.69, 9.17) is 10.5 Å². The van der Waals surface area contributed by atoms with Gasteiger partial charge in [-0.25, -0.2) is 4.98 Å². The molecule has 0 bridgehead atoms. The number of hydrogen-bond donors (Lipinski definition) is 1. The molecule has 2 N–H and O–H groups in total. The summed E-state index contributed by atoms with van der Waals surface area (Å²) in [5.74, 6) is 0.951. The second-order valence-electron chi connectivity index (χ2n) is 3.19. The van der Waals surface area contributed by atoms with Crippen LogP contribution in [0.25, 0.3) is 11.4 Å². The van der Waals surface area contributed by atoms with Gasteiger partial charge in [0.1, 0.15) is 12.6 Å². The molecule has 0 amide bonds. The first-order chi connectivity index (χ1) is 8.20. The first-order valence-corrected chi connectivity index (χ1v) is 5.01. The van der Waals surface area contributed by atoms with Crippen LogP contribution < -0.4 is 5.73 Å². The largest absolute Gasteiger partial charge is 0.383 e. The molecular weight excluding hydrogens is 220 g/mol. The van der Waals surface area contributed by atoms with Crippen molar-refractivity contribution in [2.45, 2.75) is 20.4 Å². The average Bonchev–Trinajstić information content (AvgIpc) is 2.80. The van der Waals surface area contributed by atoms with E-state index >= 15 is 0 Å². The Kier molecular flexibility index (Phi) is 4.27. The third kappa shape index (κ3) is 2.83. The summed E-state index contributed by atoms with van der Waals surface area (Å²) < 4.78 is 0. The number of hydrogen-bond acceptors (Lipinski definition) is 6. The molecule has 90 valence electrons. The summed E-state index contributed by atoms with van der Waals surface area (Å²) in [6.07, 6.45) is 0. The van der Waals surface area contributed by atoms with Crippen LogP contribution in [0, 0.1) is 6.92 Å². The van der Waals surface area contributed by atoms with E-state index in [9.17, 15) is 0 Å². The van der Waals surface area contributed by atoms with Gasteiger partial charge in [0.25, 0.3) is 0 Å². The molecule has 2 rings (SSSR count). The summed E-state index contributed by atoms with van der Waals surface area (Å²) in [6, 6.07) is 3.73. The normalized spacial score (nSPS) is 9.53. The van der Waals surface area contributed by atoms with Crippen molar-refractivity contribution in [3.05, 3.63) is 17.8 Å². The highest BCUT2D eigenvalue weighted by molar-refractivity contribution is 5.67. The maximum absolute atomic E-state index is 8.00. The van der Waals surface area contributed by atoms with Gasteiger partial charge in [-0.15, -0.1) is 10.2 Å². The molecule has 0 saturated heterocycles. The van der Waals surface area contributed by atoms with Crippen LogP contribution in [-0.4, -0.2) is 32.0 Å². The predicted octanol–water partition coefficient (Wildman–Crippen LogP) is 0.461. The number of anilines is 1. The monoisotopic (exact) mass is 234 g/mol.